The zero-order valence-corrected chi connectivity index (χ0v) is 13.9. The second kappa shape index (κ2) is 9.14. The fraction of sp³-hybridized carbons (Fsp3) is 0.381. The third kappa shape index (κ3) is 5.24. The molecule has 2 nitrogen and oxygen atoms in total. The third-order valence-electron chi connectivity index (χ3n) is 4.16. The summed E-state index contributed by atoms with van der Waals surface area (Å²) in [4.78, 5) is 12.5. The van der Waals surface area contributed by atoms with Gasteiger partial charge < -0.3 is 5.11 Å². The van der Waals surface area contributed by atoms with Crippen molar-refractivity contribution < 1.29 is 9.90 Å². The van der Waals surface area contributed by atoms with E-state index in [0.29, 0.717) is 11.1 Å². The topological polar surface area (TPSA) is 37.3 Å². The third-order valence-corrected chi connectivity index (χ3v) is 4.16. The highest BCUT2D eigenvalue weighted by molar-refractivity contribution is 6.10. The summed E-state index contributed by atoms with van der Waals surface area (Å²) in [6, 6.07) is 14.5. The minimum atomic E-state index is -0.118. The van der Waals surface area contributed by atoms with Crippen molar-refractivity contribution in [1.82, 2.24) is 0 Å². The lowest BCUT2D eigenvalue weighted by atomic mass is 9.98. The SMILES string of the molecule is CCCCCCCCc1ccc(O)c(C(=O)c2ccccc2)c1. The Hall–Kier alpha value is -2.09. The largest absolute Gasteiger partial charge is 0.507 e. The second-order valence-electron chi connectivity index (χ2n) is 6.06. The van der Waals surface area contributed by atoms with Crippen LogP contribution in [0.25, 0.3) is 0 Å². The molecule has 0 bridgehead atoms. The second-order valence-corrected chi connectivity index (χ2v) is 6.06. The Labute approximate surface area is 139 Å². The summed E-state index contributed by atoms with van der Waals surface area (Å²) in [5.74, 6) is -0.0570. The van der Waals surface area contributed by atoms with Crippen LogP contribution >= 0.6 is 0 Å². The van der Waals surface area contributed by atoms with E-state index in [1.807, 2.05) is 30.3 Å². The Kier molecular flexibility index (Phi) is 6.86. The van der Waals surface area contributed by atoms with Crippen LogP contribution in [0, 0.1) is 0 Å². The first-order valence-electron chi connectivity index (χ1n) is 8.64. The first kappa shape index (κ1) is 17.3. The molecule has 0 radical (unpaired) electrons. The molecule has 0 saturated heterocycles. The maximum Gasteiger partial charge on any atom is 0.196 e. The minimum Gasteiger partial charge on any atom is -0.507 e. The van der Waals surface area contributed by atoms with Crippen LogP contribution in [0.1, 0.15) is 66.9 Å². The maximum absolute atomic E-state index is 12.5. The lowest BCUT2D eigenvalue weighted by Crippen LogP contribution is -2.02. The molecule has 0 spiro atoms. The minimum absolute atomic E-state index is 0.0607. The summed E-state index contributed by atoms with van der Waals surface area (Å²) < 4.78 is 0. The molecule has 122 valence electrons. The van der Waals surface area contributed by atoms with Gasteiger partial charge in [-0.25, -0.2) is 0 Å². The van der Waals surface area contributed by atoms with E-state index in [1.54, 1.807) is 18.2 Å². The zero-order chi connectivity index (χ0) is 16.5. The van der Waals surface area contributed by atoms with Gasteiger partial charge in [-0.1, -0.05) is 75.4 Å². The number of hydrogen-bond donors (Lipinski definition) is 1. The van der Waals surface area contributed by atoms with Crippen molar-refractivity contribution in [2.45, 2.75) is 51.9 Å². The van der Waals surface area contributed by atoms with E-state index in [-0.39, 0.29) is 11.5 Å². The van der Waals surface area contributed by atoms with Crippen LogP contribution in [-0.2, 0) is 6.42 Å². The number of phenols is 1. The van der Waals surface area contributed by atoms with E-state index in [0.717, 1.165) is 18.4 Å². The molecule has 23 heavy (non-hydrogen) atoms. The van der Waals surface area contributed by atoms with Gasteiger partial charge in [0.15, 0.2) is 5.78 Å². The fourth-order valence-corrected chi connectivity index (χ4v) is 2.78. The molecule has 1 N–H and O–H groups in total. The average molecular weight is 310 g/mol. The fourth-order valence-electron chi connectivity index (χ4n) is 2.78. The molecule has 2 aromatic rings. The summed E-state index contributed by atoms with van der Waals surface area (Å²) in [6.45, 7) is 2.22. The van der Waals surface area contributed by atoms with Crippen molar-refractivity contribution in [2.24, 2.45) is 0 Å². The van der Waals surface area contributed by atoms with E-state index >= 15 is 0 Å². The maximum atomic E-state index is 12.5. The number of phenolic OH excluding ortho intramolecular Hbond substituents is 1. The van der Waals surface area contributed by atoms with Crippen molar-refractivity contribution in [3.05, 3.63) is 65.2 Å². The highest BCUT2D eigenvalue weighted by atomic mass is 16.3. The summed E-state index contributed by atoms with van der Waals surface area (Å²) in [6.07, 6.45) is 8.49. The van der Waals surface area contributed by atoms with E-state index < -0.39 is 0 Å². The molecule has 0 fully saturated rings. The van der Waals surface area contributed by atoms with Crippen molar-refractivity contribution >= 4 is 5.78 Å². The van der Waals surface area contributed by atoms with Gasteiger partial charge in [0, 0.05) is 5.56 Å². The first-order chi connectivity index (χ1) is 11.2. The number of unbranched alkanes of at least 4 members (excludes halogenated alkanes) is 5. The standard InChI is InChI=1S/C21H26O2/c1-2-3-4-5-6-8-11-17-14-15-20(22)19(16-17)21(23)18-12-9-7-10-13-18/h7,9-10,12-16,22H,2-6,8,11H2,1H3. The van der Waals surface area contributed by atoms with Crippen molar-refractivity contribution in [3.8, 4) is 5.75 Å². The van der Waals surface area contributed by atoms with Gasteiger partial charge in [-0.05, 0) is 30.5 Å². The number of carbonyl (C=O) groups is 1. The molecule has 0 aliphatic carbocycles. The van der Waals surface area contributed by atoms with Gasteiger partial charge >= 0.3 is 0 Å². The van der Waals surface area contributed by atoms with Crippen molar-refractivity contribution in [2.75, 3.05) is 0 Å². The number of hydrogen-bond acceptors (Lipinski definition) is 2. The van der Waals surface area contributed by atoms with Gasteiger partial charge in [0.25, 0.3) is 0 Å². The van der Waals surface area contributed by atoms with Crippen LogP contribution in [-0.4, -0.2) is 10.9 Å². The van der Waals surface area contributed by atoms with Gasteiger partial charge in [-0.15, -0.1) is 0 Å². The van der Waals surface area contributed by atoms with Crippen LogP contribution in [0.3, 0.4) is 0 Å². The molecular weight excluding hydrogens is 284 g/mol. The van der Waals surface area contributed by atoms with E-state index in [4.69, 9.17) is 0 Å². The Morgan fingerprint density at radius 3 is 2.35 bits per heavy atom. The van der Waals surface area contributed by atoms with E-state index in [1.165, 1.54) is 32.1 Å². The number of ketones is 1. The van der Waals surface area contributed by atoms with Crippen molar-refractivity contribution in [3.63, 3.8) is 0 Å². The predicted octanol–water partition coefficient (Wildman–Crippen LogP) is 5.53. The number of carbonyl (C=O) groups excluding carboxylic acids is 1. The Morgan fingerprint density at radius 2 is 1.61 bits per heavy atom. The molecule has 0 saturated carbocycles. The van der Waals surface area contributed by atoms with Crippen LogP contribution < -0.4 is 0 Å². The molecule has 0 aromatic heterocycles. The zero-order valence-electron chi connectivity index (χ0n) is 13.9. The van der Waals surface area contributed by atoms with Crippen LogP contribution in [0.2, 0.25) is 0 Å². The monoisotopic (exact) mass is 310 g/mol. The van der Waals surface area contributed by atoms with Gasteiger partial charge in [0.05, 0.1) is 5.56 Å². The quantitative estimate of drug-likeness (QED) is 0.488. The number of rotatable bonds is 9. The number of aryl methyl sites for hydroxylation is 1. The van der Waals surface area contributed by atoms with Gasteiger partial charge in [-0.2, -0.15) is 0 Å². The molecular formula is C21H26O2. The summed E-state index contributed by atoms with van der Waals surface area (Å²) in [7, 11) is 0. The summed E-state index contributed by atoms with van der Waals surface area (Å²) >= 11 is 0. The number of benzene rings is 2. The van der Waals surface area contributed by atoms with E-state index in [2.05, 4.69) is 6.92 Å². The van der Waals surface area contributed by atoms with Gasteiger partial charge in [0.1, 0.15) is 5.75 Å². The molecule has 2 aromatic carbocycles. The average Bonchev–Trinajstić information content (AvgIpc) is 2.59. The lowest BCUT2D eigenvalue weighted by Gasteiger charge is -2.08. The molecule has 0 aliphatic heterocycles. The normalized spacial score (nSPS) is 10.7. The molecule has 0 amide bonds. The highest BCUT2D eigenvalue weighted by Gasteiger charge is 2.13. The Bertz CT molecular complexity index is 617. The molecule has 2 heteroatoms. The molecule has 0 atom stereocenters. The molecule has 0 unspecified atom stereocenters. The van der Waals surface area contributed by atoms with Crippen LogP contribution in [0.4, 0.5) is 0 Å². The van der Waals surface area contributed by atoms with Crippen molar-refractivity contribution in [1.29, 1.82) is 0 Å². The highest BCUT2D eigenvalue weighted by Crippen LogP contribution is 2.23. The molecule has 2 rings (SSSR count). The van der Waals surface area contributed by atoms with Crippen LogP contribution in [0.15, 0.2) is 48.5 Å². The predicted molar refractivity (Wildman–Crippen MR) is 95.1 cm³/mol. The van der Waals surface area contributed by atoms with Crippen LogP contribution in [0.5, 0.6) is 5.75 Å². The smallest absolute Gasteiger partial charge is 0.196 e. The van der Waals surface area contributed by atoms with E-state index in [9.17, 15) is 9.90 Å². The summed E-state index contributed by atoms with van der Waals surface area (Å²) in [5.41, 5.74) is 2.14. The Balaban J connectivity index is 1.97. The number of aromatic hydroxyl groups is 1. The van der Waals surface area contributed by atoms with Gasteiger partial charge in [-0.3, -0.25) is 4.79 Å². The van der Waals surface area contributed by atoms with Gasteiger partial charge in [0.2, 0.25) is 0 Å². The molecule has 0 aliphatic rings. The lowest BCUT2D eigenvalue weighted by molar-refractivity contribution is 0.103. The molecule has 0 heterocycles. The summed E-state index contributed by atoms with van der Waals surface area (Å²) in [5, 5.41) is 10.0. The first-order valence-corrected chi connectivity index (χ1v) is 8.64. The Morgan fingerprint density at radius 1 is 0.913 bits per heavy atom.